The van der Waals surface area contributed by atoms with E-state index in [4.69, 9.17) is 16.3 Å². The number of halogens is 1. The molecule has 0 atom stereocenters. The van der Waals surface area contributed by atoms with Crippen LogP contribution in [0.25, 0.3) is 0 Å². The van der Waals surface area contributed by atoms with Gasteiger partial charge in [0, 0.05) is 12.0 Å². The highest BCUT2D eigenvalue weighted by Gasteiger charge is 2.22. The summed E-state index contributed by atoms with van der Waals surface area (Å²) in [5.74, 6) is 1.27. The van der Waals surface area contributed by atoms with Crippen LogP contribution in [0.3, 0.4) is 0 Å². The van der Waals surface area contributed by atoms with Crippen LogP contribution in [0.2, 0.25) is 5.02 Å². The minimum absolute atomic E-state index is 0.368. The van der Waals surface area contributed by atoms with E-state index in [1.165, 1.54) is 0 Å². The summed E-state index contributed by atoms with van der Waals surface area (Å²) in [6, 6.07) is 0. The molecule has 0 radical (unpaired) electrons. The van der Waals surface area contributed by atoms with Crippen LogP contribution >= 0.6 is 11.6 Å². The molecule has 0 unspecified atom stereocenters. The second kappa shape index (κ2) is 3.43. The van der Waals surface area contributed by atoms with Crippen molar-refractivity contribution in [3.63, 3.8) is 0 Å². The molecule has 0 spiro atoms. The molecular weight excluding hydrogens is 198 g/mol. The van der Waals surface area contributed by atoms with Crippen molar-refractivity contribution in [2.24, 2.45) is 0 Å². The first-order valence-electron chi connectivity index (χ1n) is 4.93. The van der Waals surface area contributed by atoms with Crippen molar-refractivity contribution < 1.29 is 4.74 Å². The Bertz CT molecular complexity index is 374. The Morgan fingerprint density at radius 2 is 2.14 bits per heavy atom. The van der Waals surface area contributed by atoms with Crippen molar-refractivity contribution in [2.45, 2.75) is 33.1 Å². The molecule has 1 aliphatic rings. The van der Waals surface area contributed by atoms with Gasteiger partial charge in [0.25, 0.3) is 0 Å². The van der Waals surface area contributed by atoms with Gasteiger partial charge in [0.2, 0.25) is 0 Å². The Balaban J connectivity index is 2.61. The molecule has 2 heterocycles. The molecule has 0 N–H and O–H groups in total. The zero-order valence-corrected chi connectivity index (χ0v) is 9.48. The fraction of sp³-hybridized carbons (Fsp3) is 0.545. The van der Waals surface area contributed by atoms with E-state index in [2.05, 4.69) is 18.8 Å². The summed E-state index contributed by atoms with van der Waals surface area (Å²) in [6.45, 7) is 6.95. The number of ether oxygens (including phenoxy) is 1. The summed E-state index contributed by atoms with van der Waals surface area (Å²) >= 11 is 6.23. The standard InChI is InChI=1S/C11H14ClNO/c1-6(2)10-9(12)7(3)11-8(13-10)4-5-14-11/h6H,4-5H2,1-3H3. The largest absolute Gasteiger partial charge is 0.491 e. The Hall–Kier alpha value is -0.760. The number of nitrogens with zero attached hydrogens (tertiary/aromatic N) is 1. The number of hydrogen-bond donors (Lipinski definition) is 0. The molecule has 0 saturated carbocycles. The molecule has 0 aliphatic carbocycles. The third kappa shape index (κ3) is 1.38. The first-order valence-corrected chi connectivity index (χ1v) is 5.30. The van der Waals surface area contributed by atoms with E-state index >= 15 is 0 Å². The highest BCUT2D eigenvalue weighted by Crippen LogP contribution is 2.36. The van der Waals surface area contributed by atoms with E-state index in [1.54, 1.807) is 0 Å². The van der Waals surface area contributed by atoms with Crippen molar-refractivity contribution in [2.75, 3.05) is 6.61 Å². The number of rotatable bonds is 1. The molecule has 14 heavy (non-hydrogen) atoms. The van der Waals surface area contributed by atoms with Crippen molar-refractivity contribution >= 4 is 11.6 Å². The Morgan fingerprint density at radius 3 is 2.79 bits per heavy atom. The van der Waals surface area contributed by atoms with E-state index < -0.39 is 0 Å². The number of pyridine rings is 1. The first kappa shape index (κ1) is 9.78. The summed E-state index contributed by atoms with van der Waals surface area (Å²) in [5, 5.41) is 0.764. The lowest BCUT2D eigenvalue weighted by Crippen LogP contribution is -1.99. The van der Waals surface area contributed by atoms with Crippen LogP contribution < -0.4 is 4.74 Å². The minimum Gasteiger partial charge on any atom is -0.491 e. The van der Waals surface area contributed by atoms with Gasteiger partial charge in [-0.05, 0) is 12.8 Å². The lowest BCUT2D eigenvalue weighted by molar-refractivity contribution is 0.354. The van der Waals surface area contributed by atoms with Gasteiger partial charge in [-0.3, -0.25) is 4.98 Å². The third-order valence-electron chi connectivity index (χ3n) is 2.54. The van der Waals surface area contributed by atoms with Crippen molar-refractivity contribution in [3.8, 4) is 5.75 Å². The lowest BCUT2D eigenvalue weighted by atomic mass is 10.1. The Morgan fingerprint density at radius 1 is 1.43 bits per heavy atom. The predicted molar refractivity (Wildman–Crippen MR) is 57.3 cm³/mol. The Kier molecular flexibility index (Phi) is 2.40. The zero-order valence-electron chi connectivity index (χ0n) is 8.72. The normalized spacial score (nSPS) is 14.4. The second-order valence-electron chi connectivity index (χ2n) is 3.97. The van der Waals surface area contributed by atoms with Crippen molar-refractivity contribution in [3.05, 3.63) is 22.0 Å². The fourth-order valence-electron chi connectivity index (χ4n) is 1.75. The van der Waals surface area contributed by atoms with E-state index in [0.717, 1.165) is 40.8 Å². The topological polar surface area (TPSA) is 22.1 Å². The highest BCUT2D eigenvalue weighted by molar-refractivity contribution is 6.32. The summed E-state index contributed by atoms with van der Waals surface area (Å²) in [7, 11) is 0. The van der Waals surface area contributed by atoms with Crippen LogP contribution in [0.1, 0.15) is 36.7 Å². The SMILES string of the molecule is Cc1c(Cl)c(C(C)C)nc2c1OCC2. The van der Waals surface area contributed by atoms with Gasteiger partial charge >= 0.3 is 0 Å². The van der Waals surface area contributed by atoms with Crippen LogP contribution in [0.15, 0.2) is 0 Å². The van der Waals surface area contributed by atoms with Gasteiger partial charge in [-0.25, -0.2) is 0 Å². The number of hydrogen-bond acceptors (Lipinski definition) is 2. The molecule has 1 aromatic rings. The van der Waals surface area contributed by atoms with E-state index in [9.17, 15) is 0 Å². The minimum atomic E-state index is 0.368. The Labute approximate surface area is 89.3 Å². The van der Waals surface area contributed by atoms with Gasteiger partial charge in [0.1, 0.15) is 5.75 Å². The van der Waals surface area contributed by atoms with Gasteiger partial charge in [-0.1, -0.05) is 25.4 Å². The van der Waals surface area contributed by atoms with Gasteiger partial charge in [-0.2, -0.15) is 0 Å². The highest BCUT2D eigenvalue weighted by atomic mass is 35.5. The summed E-state index contributed by atoms with van der Waals surface area (Å²) in [5.41, 5.74) is 3.10. The van der Waals surface area contributed by atoms with Gasteiger partial charge in [-0.15, -0.1) is 0 Å². The van der Waals surface area contributed by atoms with Crippen LogP contribution in [0.4, 0.5) is 0 Å². The molecule has 2 nitrogen and oxygen atoms in total. The molecule has 3 heteroatoms. The van der Waals surface area contributed by atoms with Crippen LogP contribution in [0, 0.1) is 6.92 Å². The maximum absolute atomic E-state index is 6.23. The van der Waals surface area contributed by atoms with Crippen LogP contribution in [-0.2, 0) is 6.42 Å². The molecule has 0 fully saturated rings. The quantitative estimate of drug-likeness (QED) is 0.712. The molecule has 1 aromatic heterocycles. The average molecular weight is 212 g/mol. The zero-order chi connectivity index (χ0) is 10.3. The van der Waals surface area contributed by atoms with Gasteiger partial charge < -0.3 is 4.74 Å². The molecule has 76 valence electrons. The van der Waals surface area contributed by atoms with E-state index in [1.807, 2.05) is 6.92 Å². The fourth-order valence-corrected chi connectivity index (χ4v) is 2.09. The molecule has 0 amide bonds. The monoisotopic (exact) mass is 211 g/mol. The van der Waals surface area contributed by atoms with Crippen LogP contribution in [0.5, 0.6) is 5.75 Å². The lowest BCUT2D eigenvalue weighted by Gasteiger charge is -2.12. The molecular formula is C11H14ClNO. The predicted octanol–water partition coefficient (Wildman–Crippen LogP) is 3.10. The number of fused-ring (bicyclic) bond motifs is 1. The van der Waals surface area contributed by atoms with E-state index in [0.29, 0.717) is 5.92 Å². The molecule has 2 rings (SSSR count). The summed E-state index contributed by atoms with van der Waals surface area (Å²) in [4.78, 5) is 4.56. The molecule has 0 bridgehead atoms. The van der Waals surface area contributed by atoms with Gasteiger partial charge in [0.05, 0.1) is 23.0 Å². The second-order valence-corrected chi connectivity index (χ2v) is 4.34. The number of aromatic nitrogens is 1. The van der Waals surface area contributed by atoms with E-state index in [-0.39, 0.29) is 0 Å². The maximum Gasteiger partial charge on any atom is 0.145 e. The molecule has 0 saturated heterocycles. The summed E-state index contributed by atoms with van der Waals surface area (Å²) < 4.78 is 5.50. The maximum atomic E-state index is 6.23. The first-order chi connectivity index (χ1) is 6.61. The van der Waals surface area contributed by atoms with Crippen molar-refractivity contribution in [1.82, 2.24) is 4.98 Å². The average Bonchev–Trinajstić information content (AvgIpc) is 2.58. The van der Waals surface area contributed by atoms with Crippen LogP contribution in [-0.4, -0.2) is 11.6 Å². The molecule has 0 aromatic carbocycles. The smallest absolute Gasteiger partial charge is 0.145 e. The van der Waals surface area contributed by atoms with Gasteiger partial charge in [0.15, 0.2) is 0 Å². The van der Waals surface area contributed by atoms with Crippen molar-refractivity contribution in [1.29, 1.82) is 0 Å². The summed E-state index contributed by atoms with van der Waals surface area (Å²) in [6.07, 6.45) is 0.910. The molecule has 1 aliphatic heterocycles. The third-order valence-corrected chi connectivity index (χ3v) is 3.02.